The number of nitrogens with one attached hydrogen (secondary N) is 1. The van der Waals surface area contributed by atoms with Crippen molar-refractivity contribution in [3.8, 4) is 5.75 Å². The first-order chi connectivity index (χ1) is 10.3. The van der Waals surface area contributed by atoms with Gasteiger partial charge in [-0.2, -0.15) is 0 Å². The summed E-state index contributed by atoms with van der Waals surface area (Å²) in [5, 5.41) is 3.27. The second kappa shape index (κ2) is 6.65. The predicted octanol–water partition coefficient (Wildman–Crippen LogP) is 2.33. The summed E-state index contributed by atoms with van der Waals surface area (Å²) in [5.41, 5.74) is 0.870. The van der Waals surface area contributed by atoms with Crippen LogP contribution < -0.4 is 10.1 Å². The van der Waals surface area contributed by atoms with Crippen molar-refractivity contribution in [3.63, 3.8) is 0 Å². The molecule has 21 heavy (non-hydrogen) atoms. The van der Waals surface area contributed by atoms with E-state index < -0.39 is 6.10 Å². The minimum absolute atomic E-state index is 0.178. The molecule has 2 atom stereocenters. The number of hydrogen-bond donors (Lipinski definition) is 1. The molecule has 0 bridgehead atoms. The van der Waals surface area contributed by atoms with Gasteiger partial charge < -0.3 is 14.8 Å². The zero-order valence-electron chi connectivity index (χ0n) is 11.5. The van der Waals surface area contributed by atoms with Gasteiger partial charge in [0.2, 0.25) is 0 Å². The third kappa shape index (κ3) is 3.37. The van der Waals surface area contributed by atoms with Crippen LogP contribution in [0.1, 0.15) is 11.7 Å². The summed E-state index contributed by atoms with van der Waals surface area (Å²) >= 11 is 0. The lowest BCUT2D eigenvalue weighted by Gasteiger charge is -2.31. The minimum Gasteiger partial charge on any atom is -0.480 e. The van der Waals surface area contributed by atoms with Crippen LogP contribution in [0.25, 0.3) is 0 Å². The third-order valence-corrected chi connectivity index (χ3v) is 3.40. The van der Waals surface area contributed by atoms with Gasteiger partial charge in [0, 0.05) is 31.0 Å². The van der Waals surface area contributed by atoms with Crippen LogP contribution in [-0.4, -0.2) is 30.8 Å². The van der Waals surface area contributed by atoms with Crippen molar-refractivity contribution in [1.29, 1.82) is 0 Å². The first-order valence-corrected chi connectivity index (χ1v) is 6.98. The lowest BCUT2D eigenvalue weighted by Crippen LogP contribution is -2.43. The van der Waals surface area contributed by atoms with E-state index in [0.717, 1.165) is 12.1 Å². The molecule has 1 N–H and O–H groups in total. The quantitative estimate of drug-likeness (QED) is 0.937. The van der Waals surface area contributed by atoms with E-state index in [1.807, 2.05) is 12.1 Å². The molecule has 1 saturated heterocycles. The molecular formula is C16H17FN2O2. The molecule has 2 aromatic rings. The number of aromatic nitrogens is 1. The first kappa shape index (κ1) is 14.0. The minimum atomic E-state index is -0.400. The Balaban J connectivity index is 1.87. The van der Waals surface area contributed by atoms with Crippen LogP contribution in [0.5, 0.6) is 5.75 Å². The summed E-state index contributed by atoms with van der Waals surface area (Å²) in [4.78, 5) is 4.11. The Bertz CT molecular complexity index is 573. The highest BCUT2D eigenvalue weighted by Crippen LogP contribution is 2.28. The molecule has 0 saturated carbocycles. The van der Waals surface area contributed by atoms with Crippen molar-refractivity contribution < 1.29 is 13.9 Å². The van der Waals surface area contributed by atoms with E-state index in [-0.39, 0.29) is 17.7 Å². The normalized spacial score (nSPS) is 20.0. The van der Waals surface area contributed by atoms with Crippen LogP contribution in [0, 0.1) is 5.82 Å². The largest absolute Gasteiger partial charge is 0.480 e. The molecule has 0 radical (unpaired) electrons. The third-order valence-electron chi connectivity index (χ3n) is 3.40. The number of morpholine rings is 1. The van der Waals surface area contributed by atoms with Crippen LogP contribution in [-0.2, 0) is 4.74 Å². The molecule has 5 heteroatoms. The summed E-state index contributed by atoms with van der Waals surface area (Å²) in [7, 11) is 0. The van der Waals surface area contributed by atoms with Gasteiger partial charge in [-0.15, -0.1) is 0 Å². The number of halogens is 1. The summed E-state index contributed by atoms with van der Waals surface area (Å²) in [6.07, 6.45) is 2.85. The molecule has 2 heterocycles. The zero-order valence-corrected chi connectivity index (χ0v) is 11.5. The van der Waals surface area contributed by atoms with E-state index in [1.54, 1.807) is 30.6 Å². The summed E-state index contributed by atoms with van der Waals surface area (Å²) < 4.78 is 25.5. The molecular weight excluding hydrogens is 271 g/mol. The van der Waals surface area contributed by atoms with Crippen LogP contribution in [0.2, 0.25) is 0 Å². The van der Waals surface area contributed by atoms with Gasteiger partial charge in [0.05, 0.1) is 6.61 Å². The second-order valence-corrected chi connectivity index (χ2v) is 4.87. The highest BCUT2D eigenvalue weighted by Gasteiger charge is 2.28. The summed E-state index contributed by atoms with van der Waals surface area (Å²) in [6.45, 7) is 2.09. The number of hydrogen-bond acceptors (Lipinski definition) is 4. The van der Waals surface area contributed by atoms with Crippen LogP contribution >= 0.6 is 0 Å². The zero-order chi connectivity index (χ0) is 14.5. The molecule has 0 aliphatic carbocycles. The molecule has 0 unspecified atom stereocenters. The summed E-state index contributed by atoms with van der Waals surface area (Å²) in [6, 6.07) is 10.1. The Kier molecular flexibility index (Phi) is 4.43. The highest BCUT2D eigenvalue weighted by molar-refractivity contribution is 5.26. The van der Waals surface area contributed by atoms with Gasteiger partial charge in [-0.1, -0.05) is 18.2 Å². The molecule has 3 rings (SSSR count). The van der Waals surface area contributed by atoms with E-state index in [4.69, 9.17) is 9.47 Å². The number of para-hydroxylation sites is 1. The Morgan fingerprint density at radius 1 is 1.29 bits per heavy atom. The topological polar surface area (TPSA) is 43.4 Å². The van der Waals surface area contributed by atoms with Gasteiger partial charge in [-0.25, -0.2) is 4.39 Å². The molecule has 1 fully saturated rings. The Hall–Kier alpha value is -1.98. The van der Waals surface area contributed by atoms with Crippen molar-refractivity contribution in [1.82, 2.24) is 10.3 Å². The van der Waals surface area contributed by atoms with Crippen LogP contribution in [0.4, 0.5) is 4.39 Å². The maximum atomic E-state index is 13.8. The number of rotatable bonds is 4. The van der Waals surface area contributed by atoms with Crippen LogP contribution in [0.3, 0.4) is 0 Å². The van der Waals surface area contributed by atoms with Crippen molar-refractivity contribution in [2.45, 2.75) is 12.2 Å². The molecule has 1 aromatic carbocycles. The van der Waals surface area contributed by atoms with E-state index in [9.17, 15) is 4.39 Å². The lowest BCUT2D eigenvalue weighted by molar-refractivity contribution is -0.0443. The SMILES string of the molecule is Fc1ccccc1O[C@@H](c1cccnc1)[C@@H]1CNCCO1. The fourth-order valence-corrected chi connectivity index (χ4v) is 2.36. The molecule has 110 valence electrons. The van der Waals surface area contributed by atoms with E-state index in [0.29, 0.717) is 13.2 Å². The summed E-state index contributed by atoms with van der Waals surface area (Å²) in [5.74, 6) is -0.157. The van der Waals surface area contributed by atoms with Crippen molar-refractivity contribution in [2.75, 3.05) is 19.7 Å². The molecule has 0 spiro atoms. The maximum Gasteiger partial charge on any atom is 0.165 e. The van der Waals surface area contributed by atoms with Gasteiger partial charge >= 0.3 is 0 Å². The van der Waals surface area contributed by atoms with E-state index in [1.165, 1.54) is 6.07 Å². The van der Waals surface area contributed by atoms with Gasteiger partial charge in [0.1, 0.15) is 6.10 Å². The van der Waals surface area contributed by atoms with Crippen LogP contribution in [0.15, 0.2) is 48.8 Å². The standard InChI is InChI=1S/C16H17FN2O2/c17-13-5-1-2-6-14(13)21-16(12-4-3-7-18-10-12)15-11-19-8-9-20-15/h1-7,10,15-16,19H,8-9,11H2/t15-,16-/m0/s1. The Morgan fingerprint density at radius 2 is 2.19 bits per heavy atom. The monoisotopic (exact) mass is 288 g/mol. The number of nitrogens with zero attached hydrogens (tertiary/aromatic N) is 1. The van der Waals surface area contributed by atoms with E-state index in [2.05, 4.69) is 10.3 Å². The number of benzene rings is 1. The average molecular weight is 288 g/mol. The van der Waals surface area contributed by atoms with Gasteiger partial charge in [0.15, 0.2) is 17.7 Å². The van der Waals surface area contributed by atoms with E-state index >= 15 is 0 Å². The fourth-order valence-electron chi connectivity index (χ4n) is 2.36. The molecule has 1 aliphatic heterocycles. The van der Waals surface area contributed by atoms with Crippen molar-refractivity contribution >= 4 is 0 Å². The number of pyridine rings is 1. The predicted molar refractivity (Wildman–Crippen MR) is 76.6 cm³/mol. The molecule has 1 aliphatic rings. The Morgan fingerprint density at radius 3 is 2.90 bits per heavy atom. The molecule has 0 amide bonds. The van der Waals surface area contributed by atoms with Gasteiger partial charge in [0.25, 0.3) is 0 Å². The lowest BCUT2D eigenvalue weighted by atomic mass is 10.1. The number of ether oxygens (including phenoxy) is 2. The van der Waals surface area contributed by atoms with Gasteiger partial charge in [-0.3, -0.25) is 4.98 Å². The smallest absolute Gasteiger partial charge is 0.165 e. The highest BCUT2D eigenvalue weighted by atomic mass is 19.1. The fraction of sp³-hybridized carbons (Fsp3) is 0.312. The van der Waals surface area contributed by atoms with Crippen molar-refractivity contribution in [2.24, 2.45) is 0 Å². The Labute approximate surface area is 122 Å². The molecule has 4 nitrogen and oxygen atoms in total. The van der Waals surface area contributed by atoms with Gasteiger partial charge in [-0.05, 0) is 18.2 Å². The first-order valence-electron chi connectivity index (χ1n) is 6.98. The maximum absolute atomic E-state index is 13.8. The molecule has 1 aromatic heterocycles. The van der Waals surface area contributed by atoms with Crippen molar-refractivity contribution in [3.05, 3.63) is 60.2 Å². The average Bonchev–Trinajstić information content (AvgIpc) is 2.56. The second-order valence-electron chi connectivity index (χ2n) is 4.87.